The smallest absolute Gasteiger partial charge is 0.244 e. The van der Waals surface area contributed by atoms with E-state index in [1.54, 1.807) is 6.29 Å². The predicted molar refractivity (Wildman–Crippen MR) is 79.6 cm³/mol. The van der Waals surface area contributed by atoms with Crippen LogP contribution in [0.3, 0.4) is 0 Å². The highest BCUT2D eigenvalue weighted by Gasteiger charge is 2.26. The van der Waals surface area contributed by atoms with E-state index < -0.39 is 10.0 Å². The summed E-state index contributed by atoms with van der Waals surface area (Å²) >= 11 is 11.7. The molecule has 0 heterocycles. The lowest BCUT2D eigenvalue weighted by Crippen LogP contribution is -2.33. The van der Waals surface area contributed by atoms with Crippen LogP contribution in [0.4, 0.5) is 0 Å². The van der Waals surface area contributed by atoms with Crippen molar-refractivity contribution < 1.29 is 13.2 Å². The van der Waals surface area contributed by atoms with E-state index >= 15 is 0 Å². The lowest BCUT2D eigenvalue weighted by atomic mass is 10.2. The number of sulfonamides is 1. The zero-order chi connectivity index (χ0) is 15.5. The third kappa shape index (κ3) is 3.71. The molecule has 111 valence electrons. The Balaban J connectivity index is 3.19. The van der Waals surface area contributed by atoms with E-state index in [0.717, 1.165) is 0 Å². The second kappa shape index (κ2) is 6.87. The van der Waals surface area contributed by atoms with Crippen LogP contribution in [0.15, 0.2) is 17.0 Å². The molecule has 20 heavy (non-hydrogen) atoms. The van der Waals surface area contributed by atoms with Crippen LogP contribution in [-0.2, 0) is 14.8 Å². The number of hydrogen-bond acceptors (Lipinski definition) is 4. The molecule has 0 aromatic heterocycles. The first-order chi connectivity index (χ1) is 9.21. The van der Waals surface area contributed by atoms with Crippen LogP contribution in [0, 0.1) is 0 Å². The normalized spacial score (nSPS) is 12.2. The minimum absolute atomic E-state index is 0.0693. The Bertz CT molecular complexity index is 603. The van der Waals surface area contributed by atoms with E-state index in [1.165, 1.54) is 23.5 Å². The molecule has 1 radical (unpaired) electrons. The summed E-state index contributed by atoms with van der Waals surface area (Å²) in [5, 5.41) is -0.135. The van der Waals surface area contributed by atoms with Crippen LogP contribution in [0.2, 0.25) is 10.0 Å². The Morgan fingerprint density at radius 1 is 1.15 bits per heavy atom. The molecule has 0 atom stereocenters. The number of hydrogen-bond donors (Lipinski definition) is 0. The second-order valence-electron chi connectivity index (χ2n) is 4.47. The first-order valence-electron chi connectivity index (χ1n) is 5.69. The summed E-state index contributed by atoms with van der Waals surface area (Å²) in [4.78, 5) is 12.5. The lowest BCUT2D eigenvalue weighted by Gasteiger charge is -2.20. The number of likely N-dealkylation sites (N-methyl/N-ethyl adjacent to an activating group) is 2. The zero-order valence-corrected chi connectivity index (χ0v) is 13.7. The Hall–Kier alpha value is -0.660. The van der Waals surface area contributed by atoms with Gasteiger partial charge in [0, 0.05) is 20.1 Å². The molecule has 8 heteroatoms. The van der Waals surface area contributed by atoms with Gasteiger partial charge in [-0.1, -0.05) is 23.2 Å². The Morgan fingerprint density at radius 3 is 2.25 bits per heavy atom. The van der Waals surface area contributed by atoms with E-state index in [1.807, 2.05) is 19.0 Å². The summed E-state index contributed by atoms with van der Waals surface area (Å²) in [6.07, 6.45) is 1.56. The van der Waals surface area contributed by atoms with Gasteiger partial charge in [0.25, 0.3) is 0 Å². The van der Waals surface area contributed by atoms with Gasteiger partial charge in [-0.25, -0.2) is 8.42 Å². The topological polar surface area (TPSA) is 57.7 Å². The maximum Gasteiger partial charge on any atom is 0.244 e. The first-order valence-corrected chi connectivity index (χ1v) is 7.88. The maximum atomic E-state index is 12.4. The molecule has 1 aromatic carbocycles. The summed E-state index contributed by atoms with van der Waals surface area (Å²) in [5.74, 6) is 0. The molecule has 0 spiro atoms. The van der Waals surface area contributed by atoms with Crippen molar-refractivity contribution in [2.75, 3.05) is 34.2 Å². The van der Waals surface area contributed by atoms with Gasteiger partial charge in [0.1, 0.15) is 4.90 Å². The molecule has 0 N–H and O–H groups in total. The quantitative estimate of drug-likeness (QED) is 0.791. The van der Waals surface area contributed by atoms with E-state index in [-0.39, 0.29) is 20.5 Å². The van der Waals surface area contributed by atoms with Gasteiger partial charge in [-0.2, -0.15) is 4.31 Å². The van der Waals surface area contributed by atoms with Gasteiger partial charge in [0.05, 0.1) is 15.6 Å². The molecule has 0 saturated heterocycles. The fourth-order valence-corrected chi connectivity index (χ4v) is 3.42. The molecule has 0 aliphatic carbocycles. The van der Waals surface area contributed by atoms with Gasteiger partial charge in [-0.3, -0.25) is 4.79 Å². The largest absolute Gasteiger partial charge is 0.308 e. The molecule has 1 rings (SSSR count). The van der Waals surface area contributed by atoms with Crippen molar-refractivity contribution in [1.82, 2.24) is 9.21 Å². The van der Waals surface area contributed by atoms with Crippen molar-refractivity contribution >= 4 is 39.5 Å². The molecular formula is C12H15Cl2N2O3S. The van der Waals surface area contributed by atoms with Crippen molar-refractivity contribution in [3.63, 3.8) is 0 Å². The zero-order valence-electron chi connectivity index (χ0n) is 11.4. The fourth-order valence-electron chi connectivity index (χ4n) is 1.46. The van der Waals surface area contributed by atoms with Crippen molar-refractivity contribution in [2.24, 2.45) is 0 Å². The highest BCUT2D eigenvalue weighted by Crippen LogP contribution is 2.31. The van der Waals surface area contributed by atoms with Gasteiger partial charge in [0.15, 0.2) is 0 Å². The number of nitrogens with zero attached hydrogens (tertiary/aromatic N) is 2. The molecule has 0 amide bonds. The highest BCUT2D eigenvalue weighted by molar-refractivity contribution is 7.89. The van der Waals surface area contributed by atoms with Gasteiger partial charge >= 0.3 is 0 Å². The minimum atomic E-state index is -3.78. The van der Waals surface area contributed by atoms with Crippen molar-refractivity contribution in [3.8, 4) is 0 Å². The summed E-state index contributed by atoms with van der Waals surface area (Å²) in [6.45, 7) is 0.863. The first kappa shape index (κ1) is 17.4. The van der Waals surface area contributed by atoms with E-state index in [2.05, 4.69) is 0 Å². The van der Waals surface area contributed by atoms with Gasteiger partial charge in [-0.15, -0.1) is 0 Å². The molecule has 0 bridgehead atoms. The van der Waals surface area contributed by atoms with Gasteiger partial charge < -0.3 is 4.90 Å². The van der Waals surface area contributed by atoms with Crippen LogP contribution < -0.4 is 0 Å². The summed E-state index contributed by atoms with van der Waals surface area (Å²) in [6, 6.07) is 2.60. The molecule has 5 nitrogen and oxygen atoms in total. The summed E-state index contributed by atoms with van der Waals surface area (Å²) < 4.78 is 26.0. The van der Waals surface area contributed by atoms with Gasteiger partial charge in [-0.05, 0) is 26.2 Å². The molecular weight excluding hydrogens is 323 g/mol. The minimum Gasteiger partial charge on any atom is -0.308 e. The molecule has 0 aliphatic heterocycles. The average Bonchev–Trinajstić information content (AvgIpc) is 2.35. The van der Waals surface area contributed by atoms with Crippen molar-refractivity contribution in [3.05, 3.63) is 27.7 Å². The van der Waals surface area contributed by atoms with Crippen LogP contribution in [-0.4, -0.2) is 58.1 Å². The standard InChI is InChI=1S/C12H15Cl2N2O3S/c1-15(2)6-7-16(3)20(18,19)11-5-4-10(13)9(8-17)12(11)14/h4-5H,6-7H2,1-3H3. The van der Waals surface area contributed by atoms with Crippen LogP contribution in [0.25, 0.3) is 0 Å². The van der Waals surface area contributed by atoms with Crippen molar-refractivity contribution in [1.29, 1.82) is 0 Å². The summed E-state index contributed by atoms with van der Waals surface area (Å²) in [5.41, 5.74) is -0.143. The lowest BCUT2D eigenvalue weighted by molar-refractivity contribution is 0.358. The second-order valence-corrected chi connectivity index (χ2v) is 7.26. The third-order valence-electron chi connectivity index (χ3n) is 2.71. The Labute approximate surface area is 129 Å². The number of carbonyl (C=O) groups excluding carboxylic acids is 1. The average molecular weight is 338 g/mol. The van der Waals surface area contributed by atoms with E-state index in [4.69, 9.17) is 23.2 Å². The third-order valence-corrected chi connectivity index (χ3v) is 5.43. The molecule has 1 aromatic rings. The monoisotopic (exact) mass is 337 g/mol. The number of halogens is 2. The van der Waals surface area contributed by atoms with Crippen LogP contribution in [0.5, 0.6) is 0 Å². The maximum absolute atomic E-state index is 12.4. The van der Waals surface area contributed by atoms with Crippen LogP contribution in [0.1, 0.15) is 5.56 Å². The highest BCUT2D eigenvalue weighted by atomic mass is 35.5. The van der Waals surface area contributed by atoms with Crippen LogP contribution >= 0.6 is 23.2 Å². The van der Waals surface area contributed by atoms with Gasteiger partial charge in [0.2, 0.25) is 16.3 Å². The van der Waals surface area contributed by atoms with E-state index in [0.29, 0.717) is 13.1 Å². The number of benzene rings is 1. The fraction of sp³-hybridized carbons (Fsp3) is 0.417. The molecule has 0 unspecified atom stereocenters. The summed E-state index contributed by atoms with van der Waals surface area (Å²) in [7, 11) is 1.36. The molecule has 0 fully saturated rings. The van der Waals surface area contributed by atoms with E-state index in [9.17, 15) is 13.2 Å². The molecule has 0 saturated carbocycles. The Morgan fingerprint density at radius 2 is 1.75 bits per heavy atom. The number of rotatable bonds is 6. The predicted octanol–water partition coefficient (Wildman–Crippen LogP) is 1.63. The Kier molecular flexibility index (Phi) is 5.97. The van der Waals surface area contributed by atoms with Crippen molar-refractivity contribution in [2.45, 2.75) is 4.90 Å². The molecule has 0 aliphatic rings. The SMILES string of the molecule is CN(C)CCN(C)S(=O)(=O)c1ccc(Cl)c([C]=O)c1Cl.